The Kier molecular flexibility index (Phi) is 5.29. The van der Waals surface area contributed by atoms with E-state index >= 15 is 0 Å². The number of ketones is 1. The average molecular weight is 282 g/mol. The molecule has 0 radical (unpaired) electrons. The van der Waals surface area contributed by atoms with Crippen molar-refractivity contribution >= 4 is 5.78 Å². The summed E-state index contributed by atoms with van der Waals surface area (Å²) >= 11 is 0. The Morgan fingerprint density at radius 2 is 1.29 bits per heavy atom. The Morgan fingerprint density at radius 3 is 1.71 bits per heavy atom. The maximum absolute atomic E-state index is 12.1. The van der Waals surface area contributed by atoms with E-state index in [9.17, 15) is 4.79 Å². The molecule has 0 bridgehead atoms. The number of aliphatic hydroxyl groups is 1. The molecule has 1 N–H and O–H groups in total. The van der Waals surface area contributed by atoms with Gasteiger partial charge >= 0.3 is 0 Å². The summed E-state index contributed by atoms with van der Waals surface area (Å²) in [5, 5.41) is 9.00. The van der Waals surface area contributed by atoms with E-state index in [1.54, 1.807) is 0 Å². The van der Waals surface area contributed by atoms with Crippen LogP contribution in [-0.4, -0.2) is 10.9 Å². The van der Waals surface area contributed by atoms with Crippen molar-refractivity contribution in [3.63, 3.8) is 0 Å². The summed E-state index contributed by atoms with van der Waals surface area (Å²) in [6.45, 7) is 4.36. The van der Waals surface area contributed by atoms with E-state index in [0.717, 1.165) is 16.7 Å². The topological polar surface area (TPSA) is 37.3 Å². The monoisotopic (exact) mass is 282 g/mol. The standard InChI is InChI=1S/C19H22O2/c1-14(2)18-9-7-16(8-10-18)12-19(21)11-15-3-5-17(13-20)6-4-15/h3-10,14,20H,11-13H2,1-2H3. The molecule has 0 saturated carbocycles. The van der Waals surface area contributed by atoms with Crippen LogP contribution >= 0.6 is 0 Å². The first-order chi connectivity index (χ1) is 10.1. The molecular formula is C19H22O2. The third kappa shape index (κ3) is 4.54. The van der Waals surface area contributed by atoms with Crippen LogP contribution in [0.5, 0.6) is 0 Å². The summed E-state index contributed by atoms with van der Waals surface area (Å²) in [5.41, 5.74) is 4.23. The lowest BCUT2D eigenvalue weighted by Gasteiger charge is -2.07. The van der Waals surface area contributed by atoms with Crippen molar-refractivity contribution in [1.82, 2.24) is 0 Å². The number of rotatable bonds is 6. The fourth-order valence-corrected chi connectivity index (χ4v) is 2.30. The molecule has 0 saturated heterocycles. The van der Waals surface area contributed by atoms with Crippen LogP contribution in [-0.2, 0) is 24.2 Å². The van der Waals surface area contributed by atoms with Crippen LogP contribution in [0.4, 0.5) is 0 Å². The van der Waals surface area contributed by atoms with Gasteiger partial charge < -0.3 is 5.11 Å². The van der Waals surface area contributed by atoms with Gasteiger partial charge in [0.15, 0.2) is 0 Å². The lowest BCUT2D eigenvalue weighted by atomic mass is 9.98. The van der Waals surface area contributed by atoms with Gasteiger partial charge in [-0.2, -0.15) is 0 Å². The van der Waals surface area contributed by atoms with E-state index in [1.165, 1.54) is 5.56 Å². The lowest BCUT2D eigenvalue weighted by molar-refractivity contribution is -0.117. The van der Waals surface area contributed by atoms with Gasteiger partial charge in [-0.1, -0.05) is 62.4 Å². The Morgan fingerprint density at radius 1 is 0.857 bits per heavy atom. The summed E-state index contributed by atoms with van der Waals surface area (Å²) in [4.78, 5) is 12.1. The molecule has 0 fully saturated rings. The smallest absolute Gasteiger partial charge is 0.141 e. The molecule has 2 heteroatoms. The predicted molar refractivity (Wildman–Crippen MR) is 85.3 cm³/mol. The third-order valence-electron chi connectivity index (χ3n) is 3.65. The van der Waals surface area contributed by atoms with Crippen molar-refractivity contribution in [3.05, 3.63) is 70.8 Å². The molecule has 0 aliphatic rings. The summed E-state index contributed by atoms with van der Waals surface area (Å²) in [7, 11) is 0. The van der Waals surface area contributed by atoms with Gasteiger partial charge in [0, 0.05) is 12.8 Å². The largest absolute Gasteiger partial charge is 0.392 e. The molecule has 110 valence electrons. The second-order valence-electron chi connectivity index (χ2n) is 5.76. The van der Waals surface area contributed by atoms with Crippen molar-refractivity contribution < 1.29 is 9.90 Å². The SMILES string of the molecule is CC(C)c1ccc(CC(=O)Cc2ccc(CO)cc2)cc1. The third-order valence-corrected chi connectivity index (χ3v) is 3.65. The zero-order chi connectivity index (χ0) is 15.2. The van der Waals surface area contributed by atoms with Crippen LogP contribution in [0.15, 0.2) is 48.5 Å². The zero-order valence-corrected chi connectivity index (χ0v) is 12.7. The first kappa shape index (κ1) is 15.5. The first-order valence-corrected chi connectivity index (χ1v) is 7.37. The Labute approximate surface area is 126 Å². The highest BCUT2D eigenvalue weighted by Crippen LogP contribution is 2.15. The molecule has 0 aliphatic heterocycles. The van der Waals surface area contributed by atoms with Crippen molar-refractivity contribution in [2.24, 2.45) is 0 Å². The fraction of sp³-hybridized carbons (Fsp3) is 0.316. The summed E-state index contributed by atoms with van der Waals surface area (Å²) in [6.07, 6.45) is 0.914. The molecule has 0 aromatic heterocycles. The molecular weight excluding hydrogens is 260 g/mol. The number of aliphatic hydroxyl groups excluding tert-OH is 1. The number of carbonyl (C=O) groups excluding carboxylic acids is 1. The van der Waals surface area contributed by atoms with E-state index in [2.05, 4.69) is 26.0 Å². The molecule has 2 nitrogen and oxygen atoms in total. The van der Waals surface area contributed by atoms with Crippen molar-refractivity contribution in [2.45, 2.75) is 39.2 Å². The van der Waals surface area contributed by atoms with Gasteiger partial charge in [-0.25, -0.2) is 0 Å². The molecule has 0 atom stereocenters. The van der Waals surface area contributed by atoms with Gasteiger partial charge in [-0.3, -0.25) is 4.79 Å². The molecule has 2 rings (SSSR count). The van der Waals surface area contributed by atoms with E-state index in [4.69, 9.17) is 5.11 Å². The fourth-order valence-electron chi connectivity index (χ4n) is 2.30. The minimum atomic E-state index is 0.0381. The minimum Gasteiger partial charge on any atom is -0.392 e. The van der Waals surface area contributed by atoms with Gasteiger partial charge in [0.2, 0.25) is 0 Å². The number of carbonyl (C=O) groups is 1. The van der Waals surface area contributed by atoms with E-state index in [1.807, 2.05) is 36.4 Å². The minimum absolute atomic E-state index is 0.0381. The van der Waals surface area contributed by atoms with Crippen molar-refractivity contribution in [3.8, 4) is 0 Å². The average Bonchev–Trinajstić information content (AvgIpc) is 2.48. The molecule has 0 aliphatic carbocycles. The van der Waals surface area contributed by atoms with Gasteiger partial charge in [0.05, 0.1) is 6.61 Å². The predicted octanol–water partition coefficient (Wildman–Crippen LogP) is 3.66. The quantitative estimate of drug-likeness (QED) is 0.878. The van der Waals surface area contributed by atoms with Gasteiger partial charge in [-0.05, 0) is 28.2 Å². The highest BCUT2D eigenvalue weighted by atomic mass is 16.3. The summed E-state index contributed by atoms with van der Waals surface area (Å²) in [5.74, 6) is 0.726. The number of hydrogen-bond acceptors (Lipinski definition) is 2. The second kappa shape index (κ2) is 7.19. The van der Waals surface area contributed by atoms with E-state index in [-0.39, 0.29) is 12.4 Å². The Bertz CT molecular complexity index is 580. The van der Waals surface area contributed by atoms with Crippen LogP contribution in [0.3, 0.4) is 0 Å². The van der Waals surface area contributed by atoms with Crippen LogP contribution in [0.2, 0.25) is 0 Å². The normalized spacial score (nSPS) is 10.9. The van der Waals surface area contributed by atoms with Crippen LogP contribution < -0.4 is 0 Å². The van der Waals surface area contributed by atoms with E-state index in [0.29, 0.717) is 18.8 Å². The van der Waals surface area contributed by atoms with E-state index < -0.39 is 0 Å². The van der Waals surface area contributed by atoms with Crippen LogP contribution in [0, 0.1) is 0 Å². The zero-order valence-electron chi connectivity index (χ0n) is 12.7. The van der Waals surface area contributed by atoms with Gasteiger partial charge in [-0.15, -0.1) is 0 Å². The molecule has 2 aromatic carbocycles. The summed E-state index contributed by atoms with van der Waals surface area (Å²) in [6, 6.07) is 15.8. The first-order valence-electron chi connectivity index (χ1n) is 7.37. The molecule has 21 heavy (non-hydrogen) atoms. The maximum Gasteiger partial charge on any atom is 0.141 e. The highest BCUT2D eigenvalue weighted by Gasteiger charge is 2.06. The molecule has 0 heterocycles. The lowest BCUT2D eigenvalue weighted by Crippen LogP contribution is -2.06. The molecule has 0 spiro atoms. The molecule has 0 amide bonds. The molecule has 2 aromatic rings. The van der Waals surface area contributed by atoms with Crippen molar-refractivity contribution in [2.75, 3.05) is 0 Å². The second-order valence-corrected chi connectivity index (χ2v) is 5.76. The Hall–Kier alpha value is -1.93. The van der Waals surface area contributed by atoms with Crippen molar-refractivity contribution in [1.29, 1.82) is 0 Å². The summed E-state index contributed by atoms with van der Waals surface area (Å²) < 4.78 is 0. The Balaban J connectivity index is 1.94. The number of benzene rings is 2. The van der Waals surface area contributed by atoms with Gasteiger partial charge in [0.1, 0.15) is 5.78 Å². The molecule has 0 unspecified atom stereocenters. The number of hydrogen-bond donors (Lipinski definition) is 1. The highest BCUT2D eigenvalue weighted by molar-refractivity contribution is 5.83. The maximum atomic E-state index is 12.1. The van der Waals surface area contributed by atoms with Crippen LogP contribution in [0.1, 0.15) is 42.0 Å². The number of Topliss-reactive ketones (excluding diaryl/α,β-unsaturated/α-hetero) is 1. The van der Waals surface area contributed by atoms with Crippen LogP contribution in [0.25, 0.3) is 0 Å². The van der Waals surface area contributed by atoms with Gasteiger partial charge in [0.25, 0.3) is 0 Å².